The monoisotopic (exact) mass is 313 g/mol. The van der Waals surface area contributed by atoms with Gasteiger partial charge in [-0.15, -0.1) is 0 Å². The minimum absolute atomic E-state index is 0.358. The van der Waals surface area contributed by atoms with E-state index in [1.165, 1.54) is 25.7 Å². The first-order chi connectivity index (χ1) is 10.0. The minimum Gasteiger partial charge on any atom is -0.352 e. The van der Waals surface area contributed by atoms with Crippen LogP contribution in [0.25, 0.3) is 0 Å². The van der Waals surface area contributed by atoms with Crippen molar-refractivity contribution in [3.63, 3.8) is 0 Å². The lowest BCUT2D eigenvalue weighted by atomic mass is 10.0. The SMILES string of the molecule is CNCc1cc(S(=O)(=O)NCCCC2CCCC2)cn1C. The third kappa shape index (κ3) is 4.56. The van der Waals surface area contributed by atoms with Crippen LogP contribution in [-0.4, -0.2) is 26.6 Å². The predicted molar refractivity (Wildman–Crippen MR) is 84.6 cm³/mol. The summed E-state index contributed by atoms with van der Waals surface area (Å²) in [5.74, 6) is 0.813. The summed E-state index contributed by atoms with van der Waals surface area (Å²) in [7, 11) is 0.342. The molecule has 1 fully saturated rings. The van der Waals surface area contributed by atoms with E-state index in [9.17, 15) is 8.42 Å². The van der Waals surface area contributed by atoms with Gasteiger partial charge in [-0.3, -0.25) is 0 Å². The number of hydrogen-bond acceptors (Lipinski definition) is 3. The van der Waals surface area contributed by atoms with Gasteiger partial charge >= 0.3 is 0 Å². The Hall–Kier alpha value is -0.850. The van der Waals surface area contributed by atoms with Gasteiger partial charge in [-0.1, -0.05) is 25.7 Å². The van der Waals surface area contributed by atoms with Crippen molar-refractivity contribution in [3.05, 3.63) is 18.0 Å². The Labute approximate surface area is 128 Å². The number of nitrogens with zero attached hydrogens (tertiary/aromatic N) is 1. The van der Waals surface area contributed by atoms with Crippen LogP contribution in [0.15, 0.2) is 17.2 Å². The van der Waals surface area contributed by atoms with Crippen molar-refractivity contribution in [2.45, 2.75) is 50.0 Å². The van der Waals surface area contributed by atoms with E-state index in [4.69, 9.17) is 0 Å². The summed E-state index contributed by atoms with van der Waals surface area (Å²) in [6.07, 6.45) is 9.06. The van der Waals surface area contributed by atoms with Crippen molar-refractivity contribution >= 4 is 10.0 Å². The standard InChI is InChI=1S/C15H27N3O2S/c1-16-11-14-10-15(12-18(14)2)21(19,20)17-9-5-8-13-6-3-4-7-13/h10,12-13,16-17H,3-9,11H2,1-2H3. The molecule has 21 heavy (non-hydrogen) atoms. The maximum atomic E-state index is 12.3. The van der Waals surface area contributed by atoms with Gasteiger partial charge in [-0.05, 0) is 31.9 Å². The van der Waals surface area contributed by atoms with E-state index < -0.39 is 10.0 Å². The molecule has 6 heteroatoms. The second kappa shape index (κ2) is 7.42. The summed E-state index contributed by atoms with van der Waals surface area (Å²) in [5.41, 5.74) is 0.962. The van der Waals surface area contributed by atoms with Crippen LogP contribution in [-0.2, 0) is 23.6 Å². The molecular formula is C15H27N3O2S. The van der Waals surface area contributed by atoms with E-state index in [1.54, 1.807) is 12.3 Å². The molecule has 0 atom stereocenters. The predicted octanol–water partition coefficient (Wildman–Crippen LogP) is 1.99. The van der Waals surface area contributed by atoms with Gasteiger partial charge in [0.25, 0.3) is 0 Å². The molecule has 5 nitrogen and oxygen atoms in total. The topological polar surface area (TPSA) is 63.1 Å². The molecule has 0 aliphatic heterocycles. The molecule has 1 aliphatic carbocycles. The molecule has 2 N–H and O–H groups in total. The van der Waals surface area contributed by atoms with E-state index in [-0.39, 0.29) is 0 Å². The van der Waals surface area contributed by atoms with Crippen LogP contribution in [0, 0.1) is 5.92 Å². The Morgan fingerprint density at radius 2 is 2.05 bits per heavy atom. The first-order valence-electron chi connectivity index (χ1n) is 7.82. The molecule has 1 aromatic heterocycles. The van der Waals surface area contributed by atoms with Crippen LogP contribution < -0.4 is 10.0 Å². The van der Waals surface area contributed by atoms with Crippen molar-refractivity contribution in [3.8, 4) is 0 Å². The van der Waals surface area contributed by atoms with E-state index >= 15 is 0 Å². The molecule has 1 heterocycles. The first-order valence-corrected chi connectivity index (χ1v) is 9.31. The molecule has 120 valence electrons. The summed E-state index contributed by atoms with van der Waals surface area (Å²) in [4.78, 5) is 0.358. The smallest absolute Gasteiger partial charge is 0.242 e. The Bertz CT molecular complexity index is 545. The lowest BCUT2D eigenvalue weighted by Gasteiger charge is -2.09. The molecule has 0 bridgehead atoms. The number of hydrogen-bond donors (Lipinski definition) is 2. The van der Waals surface area contributed by atoms with Crippen LogP contribution in [0.5, 0.6) is 0 Å². The first kappa shape index (κ1) is 16.5. The average Bonchev–Trinajstić information content (AvgIpc) is 3.06. The normalized spacial score (nSPS) is 16.7. The Morgan fingerprint density at radius 3 is 2.71 bits per heavy atom. The summed E-state index contributed by atoms with van der Waals surface area (Å²) in [5, 5.41) is 3.04. The van der Waals surface area contributed by atoms with Crippen molar-refractivity contribution in [2.75, 3.05) is 13.6 Å². The van der Waals surface area contributed by atoms with Gasteiger partial charge in [0.1, 0.15) is 0 Å². The number of aromatic nitrogens is 1. The fraction of sp³-hybridized carbons (Fsp3) is 0.733. The largest absolute Gasteiger partial charge is 0.352 e. The second-order valence-corrected chi connectivity index (χ2v) is 7.77. The quantitative estimate of drug-likeness (QED) is 0.722. The number of aryl methyl sites for hydroxylation is 1. The Kier molecular flexibility index (Phi) is 5.84. The summed E-state index contributed by atoms with van der Waals surface area (Å²) in [6.45, 7) is 1.20. The van der Waals surface area contributed by atoms with Gasteiger partial charge in [0.05, 0.1) is 4.90 Å². The molecule has 0 unspecified atom stereocenters. The number of sulfonamides is 1. The van der Waals surface area contributed by atoms with Crippen molar-refractivity contribution < 1.29 is 8.42 Å². The van der Waals surface area contributed by atoms with Crippen LogP contribution in [0.2, 0.25) is 0 Å². The second-order valence-electron chi connectivity index (χ2n) is 6.00. The molecule has 0 amide bonds. The molecule has 0 aromatic carbocycles. The van der Waals surface area contributed by atoms with Crippen LogP contribution >= 0.6 is 0 Å². The van der Waals surface area contributed by atoms with Gasteiger partial charge in [0, 0.05) is 32.0 Å². The molecule has 1 aliphatic rings. The van der Waals surface area contributed by atoms with Gasteiger partial charge in [0.2, 0.25) is 10.0 Å². The van der Waals surface area contributed by atoms with E-state index in [1.807, 2.05) is 18.7 Å². The van der Waals surface area contributed by atoms with Crippen molar-refractivity contribution in [1.29, 1.82) is 0 Å². The third-order valence-corrected chi connectivity index (χ3v) is 5.73. The highest BCUT2D eigenvalue weighted by atomic mass is 32.2. The third-order valence-electron chi connectivity index (χ3n) is 4.31. The molecule has 1 saturated carbocycles. The average molecular weight is 313 g/mol. The Morgan fingerprint density at radius 1 is 1.33 bits per heavy atom. The zero-order chi connectivity index (χ0) is 15.3. The minimum atomic E-state index is -3.37. The zero-order valence-corrected chi connectivity index (χ0v) is 13.9. The van der Waals surface area contributed by atoms with Gasteiger partial charge in [-0.2, -0.15) is 0 Å². The van der Waals surface area contributed by atoms with Gasteiger partial charge in [0.15, 0.2) is 0 Å². The van der Waals surface area contributed by atoms with E-state index in [0.717, 1.165) is 24.5 Å². The van der Waals surface area contributed by atoms with Crippen LogP contribution in [0.4, 0.5) is 0 Å². The highest BCUT2D eigenvalue weighted by Gasteiger charge is 2.18. The lowest BCUT2D eigenvalue weighted by molar-refractivity contribution is 0.480. The molecule has 1 aromatic rings. The maximum Gasteiger partial charge on any atom is 0.242 e. The fourth-order valence-electron chi connectivity index (χ4n) is 3.06. The van der Waals surface area contributed by atoms with Crippen LogP contribution in [0.1, 0.15) is 44.2 Å². The van der Waals surface area contributed by atoms with E-state index in [2.05, 4.69) is 10.0 Å². The van der Waals surface area contributed by atoms with E-state index in [0.29, 0.717) is 18.0 Å². The molecule has 0 spiro atoms. The van der Waals surface area contributed by atoms with Gasteiger partial charge in [-0.25, -0.2) is 13.1 Å². The number of rotatable bonds is 8. The summed E-state index contributed by atoms with van der Waals surface area (Å²) >= 11 is 0. The summed E-state index contributed by atoms with van der Waals surface area (Å²) in [6, 6.07) is 1.73. The number of nitrogens with one attached hydrogen (secondary N) is 2. The maximum absolute atomic E-state index is 12.3. The molecule has 2 rings (SSSR count). The Balaban J connectivity index is 1.84. The highest BCUT2D eigenvalue weighted by molar-refractivity contribution is 7.89. The zero-order valence-electron chi connectivity index (χ0n) is 13.1. The summed E-state index contributed by atoms with van der Waals surface area (Å²) < 4.78 is 29.1. The lowest BCUT2D eigenvalue weighted by Crippen LogP contribution is -2.24. The van der Waals surface area contributed by atoms with Crippen molar-refractivity contribution in [1.82, 2.24) is 14.6 Å². The fourth-order valence-corrected chi connectivity index (χ4v) is 4.23. The van der Waals surface area contributed by atoms with Crippen molar-refractivity contribution in [2.24, 2.45) is 13.0 Å². The van der Waals surface area contributed by atoms with Gasteiger partial charge < -0.3 is 9.88 Å². The van der Waals surface area contributed by atoms with Crippen LogP contribution in [0.3, 0.4) is 0 Å². The molecule has 0 radical (unpaired) electrons. The highest BCUT2D eigenvalue weighted by Crippen LogP contribution is 2.28. The molecule has 0 saturated heterocycles. The molecular weight excluding hydrogens is 286 g/mol.